The quantitative estimate of drug-likeness (QED) is 0.905. The predicted octanol–water partition coefficient (Wildman–Crippen LogP) is 3.24. The highest BCUT2D eigenvalue weighted by atomic mass is 16.5. The third-order valence-corrected chi connectivity index (χ3v) is 3.78. The molecule has 1 N–H and O–H groups in total. The molecule has 0 atom stereocenters. The van der Waals surface area contributed by atoms with Crippen LogP contribution in [0.4, 0.5) is 5.82 Å². The lowest BCUT2D eigenvalue weighted by Crippen LogP contribution is -2.25. The molecule has 2 aromatic rings. The minimum absolute atomic E-state index is 0.135. The molecule has 3 rings (SSSR count). The van der Waals surface area contributed by atoms with Crippen molar-refractivity contribution in [3.63, 3.8) is 0 Å². The van der Waals surface area contributed by atoms with E-state index in [0.29, 0.717) is 23.0 Å². The van der Waals surface area contributed by atoms with Gasteiger partial charge in [-0.15, -0.1) is 10.2 Å². The summed E-state index contributed by atoms with van der Waals surface area (Å²) in [6.07, 6.45) is 0.816. The van der Waals surface area contributed by atoms with Crippen LogP contribution in [-0.2, 0) is 11.2 Å². The third kappa shape index (κ3) is 3.96. The summed E-state index contributed by atoms with van der Waals surface area (Å²) in [4.78, 5) is 12.1. The van der Waals surface area contributed by atoms with E-state index >= 15 is 0 Å². The molecule has 1 aliphatic rings. The Hall–Kier alpha value is -2.89. The summed E-state index contributed by atoms with van der Waals surface area (Å²) in [5.74, 6) is 1.34. The van der Waals surface area contributed by atoms with Crippen molar-refractivity contribution in [3.05, 3.63) is 48.2 Å². The number of rotatable bonds is 5. The Kier molecular flexibility index (Phi) is 4.44. The van der Waals surface area contributed by atoms with E-state index in [1.165, 1.54) is 0 Å². The number of carbonyl (C=O) groups is 1. The molecule has 1 aromatic heterocycles. The lowest BCUT2D eigenvalue weighted by molar-refractivity contribution is -0.118. The second kappa shape index (κ2) is 6.55. The van der Waals surface area contributed by atoms with Crippen LogP contribution < -0.4 is 14.8 Å². The Morgan fingerprint density at radius 3 is 2.80 bits per heavy atom. The average molecular weight is 339 g/mol. The van der Waals surface area contributed by atoms with Gasteiger partial charge in [0.05, 0.1) is 5.69 Å². The number of nitrogens with zero attached hydrogens (tertiary/aromatic N) is 2. The second-order valence-electron chi connectivity index (χ2n) is 6.70. The number of para-hydroxylation sites is 1. The Morgan fingerprint density at radius 1 is 1.32 bits per heavy atom. The van der Waals surface area contributed by atoms with Crippen molar-refractivity contribution in [3.8, 4) is 11.5 Å². The zero-order valence-electron chi connectivity index (χ0n) is 14.6. The number of hydrogen-bond donors (Lipinski definition) is 1. The highest BCUT2D eigenvalue weighted by Gasteiger charge is 2.32. The highest BCUT2D eigenvalue weighted by molar-refractivity contribution is 5.91. The van der Waals surface area contributed by atoms with Gasteiger partial charge in [0.25, 0.3) is 5.91 Å². The SMILES string of the molecule is C=C(C)c1ccc(NC(=O)COc2cccc3c2OC(C)(C)C3)nn1. The van der Waals surface area contributed by atoms with E-state index < -0.39 is 0 Å². The Bertz CT molecular complexity index is 813. The first kappa shape index (κ1) is 17.0. The van der Waals surface area contributed by atoms with E-state index in [9.17, 15) is 4.79 Å². The maximum atomic E-state index is 12.1. The summed E-state index contributed by atoms with van der Waals surface area (Å²) in [5.41, 5.74) is 2.33. The van der Waals surface area contributed by atoms with Crippen LogP contribution >= 0.6 is 0 Å². The Labute approximate surface area is 146 Å². The van der Waals surface area contributed by atoms with E-state index in [2.05, 4.69) is 22.1 Å². The van der Waals surface area contributed by atoms with Crippen molar-refractivity contribution in [2.24, 2.45) is 0 Å². The summed E-state index contributed by atoms with van der Waals surface area (Å²) in [5, 5.41) is 10.6. The molecule has 130 valence electrons. The average Bonchev–Trinajstić information content (AvgIpc) is 2.87. The molecule has 25 heavy (non-hydrogen) atoms. The fraction of sp³-hybridized carbons (Fsp3) is 0.316. The van der Waals surface area contributed by atoms with E-state index in [1.807, 2.05) is 32.9 Å². The molecular formula is C19H21N3O3. The first-order chi connectivity index (χ1) is 11.8. The molecule has 0 spiro atoms. The van der Waals surface area contributed by atoms with Crippen molar-refractivity contribution in [1.29, 1.82) is 0 Å². The normalized spacial score (nSPS) is 14.4. The molecule has 0 saturated heterocycles. The van der Waals surface area contributed by atoms with Crippen molar-refractivity contribution >= 4 is 17.3 Å². The Balaban J connectivity index is 1.60. The molecule has 0 bridgehead atoms. The van der Waals surface area contributed by atoms with Gasteiger partial charge in [0.15, 0.2) is 23.9 Å². The van der Waals surface area contributed by atoms with Crippen LogP contribution in [0.5, 0.6) is 11.5 Å². The number of carbonyl (C=O) groups excluding carboxylic acids is 1. The Morgan fingerprint density at radius 2 is 2.12 bits per heavy atom. The minimum atomic E-state index is -0.313. The molecule has 6 heteroatoms. The molecule has 1 amide bonds. The summed E-state index contributed by atoms with van der Waals surface area (Å²) in [6.45, 7) is 9.56. The molecule has 0 aliphatic carbocycles. The van der Waals surface area contributed by atoms with E-state index in [1.54, 1.807) is 18.2 Å². The predicted molar refractivity (Wildman–Crippen MR) is 95.7 cm³/mol. The van der Waals surface area contributed by atoms with E-state index in [4.69, 9.17) is 9.47 Å². The van der Waals surface area contributed by atoms with Gasteiger partial charge >= 0.3 is 0 Å². The summed E-state index contributed by atoms with van der Waals surface area (Å²) < 4.78 is 11.6. The van der Waals surface area contributed by atoms with Crippen molar-refractivity contribution in [2.75, 3.05) is 11.9 Å². The topological polar surface area (TPSA) is 73.3 Å². The molecule has 0 fully saturated rings. The number of hydrogen-bond acceptors (Lipinski definition) is 5. The van der Waals surface area contributed by atoms with Crippen LogP contribution in [0, 0.1) is 0 Å². The first-order valence-electron chi connectivity index (χ1n) is 8.07. The zero-order chi connectivity index (χ0) is 18.0. The number of amides is 1. The first-order valence-corrected chi connectivity index (χ1v) is 8.07. The van der Waals surface area contributed by atoms with Crippen LogP contribution in [0.25, 0.3) is 5.57 Å². The van der Waals surface area contributed by atoms with Crippen LogP contribution in [0.15, 0.2) is 36.9 Å². The number of allylic oxidation sites excluding steroid dienone is 1. The maximum Gasteiger partial charge on any atom is 0.263 e. The molecule has 2 heterocycles. The fourth-order valence-electron chi connectivity index (χ4n) is 2.65. The van der Waals surface area contributed by atoms with E-state index in [-0.39, 0.29) is 18.1 Å². The monoisotopic (exact) mass is 339 g/mol. The van der Waals surface area contributed by atoms with Gasteiger partial charge in [-0.05, 0) is 44.5 Å². The number of anilines is 1. The molecule has 0 saturated carbocycles. The number of nitrogens with one attached hydrogen (secondary N) is 1. The van der Waals surface area contributed by atoms with Crippen LogP contribution in [0.3, 0.4) is 0 Å². The number of benzene rings is 1. The number of aromatic nitrogens is 2. The number of ether oxygens (including phenoxy) is 2. The molecule has 1 aromatic carbocycles. The minimum Gasteiger partial charge on any atom is -0.483 e. The van der Waals surface area contributed by atoms with Crippen molar-refractivity contribution < 1.29 is 14.3 Å². The van der Waals surface area contributed by atoms with Crippen molar-refractivity contribution in [1.82, 2.24) is 10.2 Å². The lowest BCUT2D eigenvalue weighted by atomic mass is 10.0. The molecule has 1 aliphatic heterocycles. The summed E-state index contributed by atoms with van der Waals surface area (Å²) in [6, 6.07) is 9.15. The van der Waals surface area contributed by atoms with Gasteiger partial charge < -0.3 is 14.8 Å². The van der Waals surface area contributed by atoms with Gasteiger partial charge in [-0.1, -0.05) is 18.7 Å². The second-order valence-corrected chi connectivity index (χ2v) is 6.70. The molecule has 6 nitrogen and oxygen atoms in total. The summed E-state index contributed by atoms with van der Waals surface area (Å²) >= 11 is 0. The van der Waals surface area contributed by atoms with Gasteiger partial charge in [0, 0.05) is 12.0 Å². The largest absolute Gasteiger partial charge is 0.483 e. The summed E-state index contributed by atoms with van der Waals surface area (Å²) in [7, 11) is 0. The van der Waals surface area contributed by atoms with Gasteiger partial charge in [-0.25, -0.2) is 0 Å². The highest BCUT2D eigenvalue weighted by Crippen LogP contribution is 2.41. The lowest BCUT2D eigenvalue weighted by Gasteiger charge is -2.18. The molecular weight excluding hydrogens is 318 g/mol. The van der Waals surface area contributed by atoms with Crippen molar-refractivity contribution in [2.45, 2.75) is 32.8 Å². The fourth-order valence-corrected chi connectivity index (χ4v) is 2.65. The smallest absolute Gasteiger partial charge is 0.263 e. The van der Waals surface area contributed by atoms with Gasteiger partial charge in [-0.2, -0.15) is 0 Å². The van der Waals surface area contributed by atoms with Gasteiger partial charge in [0.1, 0.15) is 5.60 Å². The standard InChI is InChI=1S/C19H21N3O3/c1-12(2)14-8-9-16(22-21-14)20-17(23)11-24-15-7-5-6-13-10-19(3,4)25-18(13)15/h5-9H,1,10-11H2,2-4H3,(H,20,22,23). The molecule has 0 radical (unpaired) electrons. The van der Waals surface area contributed by atoms with Crippen LogP contribution in [0.2, 0.25) is 0 Å². The third-order valence-electron chi connectivity index (χ3n) is 3.78. The van der Waals surface area contributed by atoms with Crippen LogP contribution in [-0.4, -0.2) is 28.3 Å². The number of fused-ring (bicyclic) bond motifs is 1. The van der Waals surface area contributed by atoms with Crippen LogP contribution in [0.1, 0.15) is 32.0 Å². The maximum absolute atomic E-state index is 12.1. The van der Waals surface area contributed by atoms with E-state index in [0.717, 1.165) is 17.6 Å². The van der Waals surface area contributed by atoms with Gasteiger partial charge in [0.2, 0.25) is 0 Å². The molecule has 0 unspecified atom stereocenters. The zero-order valence-corrected chi connectivity index (χ0v) is 14.6. The van der Waals surface area contributed by atoms with Gasteiger partial charge in [-0.3, -0.25) is 4.79 Å².